The van der Waals surface area contributed by atoms with Gasteiger partial charge in [0.15, 0.2) is 11.6 Å². The van der Waals surface area contributed by atoms with Gasteiger partial charge in [-0.2, -0.15) is 0 Å². The SMILES string of the molecule is [N-]=[N+]=Nc1ccccc1[C@H]1OC(c2ccc(OCCCO)cc2)=N[C@@]1(Cc1ccccc1)C(=O)NC1CC1. The second-order valence-electron chi connectivity index (χ2n) is 9.45. The summed E-state index contributed by atoms with van der Waals surface area (Å²) < 4.78 is 12.2. The predicted octanol–water partition coefficient (Wildman–Crippen LogP) is 5.17. The quantitative estimate of drug-likeness (QED) is 0.159. The maximum atomic E-state index is 14.0. The van der Waals surface area contributed by atoms with Crippen molar-refractivity contribution in [1.82, 2.24) is 5.32 Å². The van der Waals surface area contributed by atoms with Crippen LogP contribution in [0.25, 0.3) is 10.4 Å². The zero-order chi connectivity index (χ0) is 26.4. The summed E-state index contributed by atoms with van der Waals surface area (Å²) in [4.78, 5) is 22.0. The maximum absolute atomic E-state index is 14.0. The van der Waals surface area contributed by atoms with Gasteiger partial charge in [-0.05, 0) is 48.2 Å². The number of carbonyl (C=O) groups is 1. The highest BCUT2D eigenvalue weighted by molar-refractivity contribution is 6.01. The highest BCUT2D eigenvalue weighted by atomic mass is 16.5. The molecule has 9 heteroatoms. The highest BCUT2D eigenvalue weighted by Crippen LogP contribution is 2.45. The molecule has 0 aromatic heterocycles. The number of rotatable bonds is 11. The summed E-state index contributed by atoms with van der Waals surface area (Å²) in [5.74, 6) is 0.770. The smallest absolute Gasteiger partial charge is 0.252 e. The van der Waals surface area contributed by atoms with E-state index in [9.17, 15) is 10.3 Å². The molecule has 0 radical (unpaired) electrons. The summed E-state index contributed by atoms with van der Waals surface area (Å²) in [5, 5.41) is 16.0. The summed E-state index contributed by atoms with van der Waals surface area (Å²) in [6.07, 6.45) is 1.89. The van der Waals surface area contributed by atoms with Gasteiger partial charge in [0.1, 0.15) is 5.75 Å². The van der Waals surface area contributed by atoms with Gasteiger partial charge in [0.25, 0.3) is 5.91 Å². The Morgan fingerprint density at radius 1 is 1.11 bits per heavy atom. The standard InChI is InChI=1S/C29H29N5O4/c30-34-33-25-10-5-4-9-24(25)26-29(28(36)31-22-13-14-22,19-20-7-2-1-3-8-20)32-27(38-26)21-11-15-23(16-12-21)37-18-6-17-35/h1-5,7-12,15-16,22,26,35H,6,13-14,17-19H2,(H,31,36)/t26-,29-/m1/s1. The summed E-state index contributed by atoms with van der Waals surface area (Å²) in [7, 11) is 0. The average molecular weight is 512 g/mol. The molecule has 5 rings (SSSR count). The number of aliphatic imine (C=N–C) groups is 1. The molecular formula is C29H29N5O4. The molecule has 1 saturated carbocycles. The summed E-state index contributed by atoms with van der Waals surface area (Å²) in [5.41, 5.74) is 10.5. The third kappa shape index (κ3) is 5.49. The first-order valence-electron chi connectivity index (χ1n) is 12.7. The van der Waals surface area contributed by atoms with Gasteiger partial charge in [0.2, 0.25) is 5.90 Å². The van der Waals surface area contributed by atoms with Crippen molar-refractivity contribution in [2.24, 2.45) is 10.1 Å². The molecule has 2 atom stereocenters. The van der Waals surface area contributed by atoms with Crippen LogP contribution < -0.4 is 10.1 Å². The van der Waals surface area contributed by atoms with E-state index >= 15 is 0 Å². The number of carbonyl (C=O) groups excluding carboxylic acids is 1. The normalized spacial score (nSPS) is 20.1. The first-order valence-corrected chi connectivity index (χ1v) is 12.7. The van der Waals surface area contributed by atoms with Gasteiger partial charge in [0.05, 0.1) is 6.61 Å². The lowest BCUT2D eigenvalue weighted by Gasteiger charge is -2.31. The molecular weight excluding hydrogens is 482 g/mol. The number of ether oxygens (including phenoxy) is 2. The molecule has 0 bridgehead atoms. The monoisotopic (exact) mass is 511 g/mol. The number of benzene rings is 3. The number of aliphatic hydroxyl groups is 1. The Labute approximate surface area is 220 Å². The molecule has 9 nitrogen and oxygen atoms in total. The molecule has 3 aromatic rings. The minimum atomic E-state index is -1.32. The van der Waals surface area contributed by atoms with Crippen molar-refractivity contribution in [2.45, 2.75) is 43.4 Å². The Balaban J connectivity index is 1.58. The zero-order valence-corrected chi connectivity index (χ0v) is 20.9. The van der Waals surface area contributed by atoms with E-state index in [1.54, 1.807) is 12.1 Å². The van der Waals surface area contributed by atoms with Crippen LogP contribution in [-0.4, -0.2) is 41.7 Å². The Kier molecular flexibility index (Phi) is 7.58. The molecule has 3 aromatic carbocycles. The predicted molar refractivity (Wildman–Crippen MR) is 143 cm³/mol. The van der Waals surface area contributed by atoms with Crippen LogP contribution in [-0.2, 0) is 16.0 Å². The van der Waals surface area contributed by atoms with Crippen LogP contribution in [0, 0.1) is 0 Å². The van der Waals surface area contributed by atoms with Crippen LogP contribution in [0.1, 0.15) is 42.1 Å². The molecule has 1 aliphatic carbocycles. The first kappa shape index (κ1) is 25.3. The zero-order valence-electron chi connectivity index (χ0n) is 20.9. The molecule has 2 N–H and O–H groups in total. The van der Waals surface area contributed by atoms with Gasteiger partial charge in [-0.15, -0.1) is 0 Å². The second kappa shape index (κ2) is 11.4. The van der Waals surface area contributed by atoms with Crippen LogP contribution in [0.4, 0.5) is 5.69 Å². The Bertz CT molecular complexity index is 1350. The third-order valence-electron chi connectivity index (χ3n) is 6.63. The van der Waals surface area contributed by atoms with E-state index in [1.807, 2.05) is 66.7 Å². The number of nitrogens with one attached hydrogen (secondary N) is 1. The minimum Gasteiger partial charge on any atom is -0.494 e. The van der Waals surface area contributed by atoms with E-state index in [2.05, 4.69) is 15.3 Å². The number of hydrogen-bond acceptors (Lipinski definition) is 6. The Morgan fingerprint density at radius 2 is 1.84 bits per heavy atom. The molecule has 1 aliphatic heterocycles. The maximum Gasteiger partial charge on any atom is 0.252 e. The van der Waals surface area contributed by atoms with Gasteiger partial charge in [-0.3, -0.25) is 4.79 Å². The lowest BCUT2D eigenvalue weighted by atomic mass is 9.81. The molecule has 1 fully saturated rings. The van der Waals surface area contributed by atoms with Crippen LogP contribution in [0.15, 0.2) is 89.0 Å². The molecule has 194 valence electrons. The van der Waals surface area contributed by atoms with E-state index in [4.69, 9.17) is 19.6 Å². The van der Waals surface area contributed by atoms with Gasteiger partial charge in [-0.1, -0.05) is 59.7 Å². The first-order chi connectivity index (χ1) is 18.6. The van der Waals surface area contributed by atoms with Crippen molar-refractivity contribution >= 4 is 17.5 Å². The van der Waals surface area contributed by atoms with E-state index in [-0.39, 0.29) is 18.6 Å². The number of amides is 1. The van der Waals surface area contributed by atoms with Crippen molar-refractivity contribution in [2.75, 3.05) is 13.2 Å². The van der Waals surface area contributed by atoms with Crippen molar-refractivity contribution in [1.29, 1.82) is 0 Å². The van der Waals surface area contributed by atoms with Gasteiger partial charge in [-0.25, -0.2) is 4.99 Å². The number of hydrogen-bond donors (Lipinski definition) is 2. The fourth-order valence-corrected chi connectivity index (χ4v) is 4.55. The Morgan fingerprint density at radius 3 is 2.55 bits per heavy atom. The van der Waals surface area contributed by atoms with Gasteiger partial charge in [0, 0.05) is 47.2 Å². The van der Waals surface area contributed by atoms with Crippen LogP contribution in [0.2, 0.25) is 0 Å². The largest absolute Gasteiger partial charge is 0.494 e. The van der Waals surface area contributed by atoms with Gasteiger partial charge >= 0.3 is 0 Å². The van der Waals surface area contributed by atoms with Gasteiger partial charge < -0.3 is 19.9 Å². The summed E-state index contributed by atoms with van der Waals surface area (Å²) in [6, 6.07) is 24.3. The molecule has 1 heterocycles. The Hall–Kier alpha value is -4.33. The second-order valence-corrected chi connectivity index (χ2v) is 9.45. The van der Waals surface area contributed by atoms with Crippen molar-refractivity contribution in [3.8, 4) is 5.75 Å². The summed E-state index contributed by atoms with van der Waals surface area (Å²) in [6.45, 7) is 0.473. The highest BCUT2D eigenvalue weighted by Gasteiger charge is 2.54. The third-order valence-corrected chi connectivity index (χ3v) is 6.63. The van der Waals surface area contributed by atoms with Crippen molar-refractivity contribution < 1.29 is 19.4 Å². The van der Waals surface area contributed by atoms with E-state index in [1.165, 1.54) is 0 Å². The van der Waals surface area contributed by atoms with Crippen molar-refractivity contribution in [3.63, 3.8) is 0 Å². The fraction of sp³-hybridized carbons (Fsp3) is 0.310. The number of azide groups is 1. The lowest BCUT2D eigenvalue weighted by Crippen LogP contribution is -2.50. The topological polar surface area (TPSA) is 129 Å². The molecule has 38 heavy (non-hydrogen) atoms. The average Bonchev–Trinajstić information content (AvgIpc) is 3.68. The fourth-order valence-electron chi connectivity index (χ4n) is 4.55. The molecule has 1 amide bonds. The van der Waals surface area contributed by atoms with Crippen LogP contribution in [0.5, 0.6) is 5.75 Å². The molecule has 2 aliphatic rings. The minimum absolute atomic E-state index is 0.0634. The molecule has 0 spiro atoms. The molecule has 0 saturated heterocycles. The van der Waals surface area contributed by atoms with Crippen LogP contribution in [0.3, 0.4) is 0 Å². The van der Waals surface area contributed by atoms with E-state index in [0.29, 0.717) is 47.9 Å². The number of aliphatic hydroxyl groups excluding tert-OH is 1. The van der Waals surface area contributed by atoms with Crippen molar-refractivity contribution in [3.05, 3.63) is 106 Å². The summed E-state index contributed by atoms with van der Waals surface area (Å²) >= 11 is 0. The van der Waals surface area contributed by atoms with E-state index < -0.39 is 11.6 Å². The van der Waals surface area contributed by atoms with E-state index in [0.717, 1.165) is 18.4 Å². The molecule has 0 unspecified atom stereocenters. The lowest BCUT2D eigenvalue weighted by molar-refractivity contribution is -0.129. The van der Waals surface area contributed by atoms with Crippen LogP contribution >= 0.6 is 0 Å². The number of nitrogens with zero attached hydrogens (tertiary/aromatic N) is 4.